The van der Waals surface area contributed by atoms with E-state index in [2.05, 4.69) is 5.32 Å². The SMILES string of the molecule is Cc1ccc(C(=O)N2CCc3c(ccc(C)c3NC(=O)Cc3ccc(C(F)(F)F)c(F)c3)C2)cc1. The first-order valence-electron chi connectivity index (χ1n) is 11.2. The number of aryl methyl sites for hydroxylation is 2. The molecule has 2 amide bonds. The van der Waals surface area contributed by atoms with Crippen molar-refractivity contribution in [2.45, 2.75) is 39.4 Å². The van der Waals surface area contributed by atoms with Gasteiger partial charge in [0.2, 0.25) is 5.91 Å². The van der Waals surface area contributed by atoms with E-state index < -0.39 is 23.5 Å². The summed E-state index contributed by atoms with van der Waals surface area (Å²) >= 11 is 0. The second kappa shape index (κ2) is 9.52. The Morgan fingerprint density at radius 2 is 1.71 bits per heavy atom. The van der Waals surface area contributed by atoms with Crippen LogP contribution < -0.4 is 5.32 Å². The van der Waals surface area contributed by atoms with Crippen LogP contribution in [-0.4, -0.2) is 23.3 Å². The molecule has 4 rings (SSSR count). The number of fused-ring (bicyclic) bond motifs is 1. The monoisotopic (exact) mass is 484 g/mol. The van der Waals surface area contributed by atoms with Gasteiger partial charge < -0.3 is 10.2 Å². The number of alkyl halides is 3. The number of anilines is 1. The van der Waals surface area contributed by atoms with Crippen molar-refractivity contribution in [1.82, 2.24) is 4.90 Å². The van der Waals surface area contributed by atoms with E-state index in [0.717, 1.165) is 34.4 Å². The molecule has 1 heterocycles. The molecule has 0 radical (unpaired) electrons. The van der Waals surface area contributed by atoms with Crippen molar-refractivity contribution >= 4 is 17.5 Å². The van der Waals surface area contributed by atoms with Crippen LogP contribution in [0.1, 0.15) is 43.7 Å². The molecule has 1 aliphatic heterocycles. The topological polar surface area (TPSA) is 49.4 Å². The average Bonchev–Trinajstić information content (AvgIpc) is 2.80. The number of rotatable bonds is 4. The Morgan fingerprint density at radius 1 is 1.00 bits per heavy atom. The van der Waals surface area contributed by atoms with Gasteiger partial charge in [0.15, 0.2) is 0 Å². The first-order chi connectivity index (χ1) is 16.5. The molecule has 0 aromatic heterocycles. The molecule has 0 aliphatic carbocycles. The highest BCUT2D eigenvalue weighted by atomic mass is 19.4. The minimum absolute atomic E-state index is 0.0638. The van der Waals surface area contributed by atoms with Crippen LogP contribution in [0.25, 0.3) is 0 Å². The number of nitrogens with zero attached hydrogens (tertiary/aromatic N) is 1. The van der Waals surface area contributed by atoms with E-state index in [1.54, 1.807) is 17.0 Å². The molecule has 0 saturated carbocycles. The van der Waals surface area contributed by atoms with Crippen molar-refractivity contribution in [3.8, 4) is 0 Å². The van der Waals surface area contributed by atoms with Crippen LogP contribution in [0.4, 0.5) is 23.2 Å². The lowest BCUT2D eigenvalue weighted by atomic mass is 9.94. The molecule has 182 valence electrons. The Balaban J connectivity index is 1.49. The highest BCUT2D eigenvalue weighted by Crippen LogP contribution is 2.32. The third kappa shape index (κ3) is 5.37. The van der Waals surface area contributed by atoms with Crippen LogP contribution in [0, 0.1) is 19.7 Å². The van der Waals surface area contributed by atoms with Crippen LogP contribution >= 0.6 is 0 Å². The molecule has 0 saturated heterocycles. The van der Waals surface area contributed by atoms with E-state index in [4.69, 9.17) is 0 Å². The molecule has 1 N–H and O–H groups in total. The van der Waals surface area contributed by atoms with Gasteiger partial charge in [0.1, 0.15) is 5.82 Å². The lowest BCUT2D eigenvalue weighted by Gasteiger charge is -2.31. The van der Waals surface area contributed by atoms with Crippen LogP contribution in [0.15, 0.2) is 54.6 Å². The lowest BCUT2D eigenvalue weighted by Crippen LogP contribution is -2.36. The molecule has 0 unspecified atom stereocenters. The highest BCUT2D eigenvalue weighted by molar-refractivity contribution is 5.95. The molecular weight excluding hydrogens is 460 g/mol. The molecule has 35 heavy (non-hydrogen) atoms. The number of hydrogen-bond donors (Lipinski definition) is 1. The zero-order valence-corrected chi connectivity index (χ0v) is 19.3. The Bertz CT molecular complexity index is 1280. The predicted octanol–water partition coefficient (Wildman–Crippen LogP) is 5.84. The molecule has 0 atom stereocenters. The van der Waals surface area contributed by atoms with Crippen molar-refractivity contribution < 1.29 is 27.2 Å². The number of hydrogen-bond acceptors (Lipinski definition) is 2. The third-order valence-corrected chi connectivity index (χ3v) is 6.16. The maximum atomic E-state index is 13.9. The van der Waals surface area contributed by atoms with Crippen LogP contribution in [0.3, 0.4) is 0 Å². The number of carbonyl (C=O) groups is 2. The summed E-state index contributed by atoms with van der Waals surface area (Å²) in [5.74, 6) is -1.93. The highest BCUT2D eigenvalue weighted by Gasteiger charge is 2.34. The Morgan fingerprint density at radius 3 is 2.37 bits per heavy atom. The molecule has 0 spiro atoms. The first-order valence-corrected chi connectivity index (χ1v) is 11.2. The van der Waals surface area contributed by atoms with Gasteiger partial charge in [-0.05, 0) is 66.8 Å². The number of carbonyl (C=O) groups excluding carboxylic acids is 2. The zero-order chi connectivity index (χ0) is 25.3. The zero-order valence-electron chi connectivity index (χ0n) is 19.3. The molecule has 1 aliphatic rings. The number of nitrogens with one attached hydrogen (secondary N) is 1. The molecule has 3 aromatic rings. The Kier molecular flexibility index (Phi) is 6.65. The minimum atomic E-state index is -4.79. The maximum Gasteiger partial charge on any atom is 0.419 e. The van der Waals surface area contributed by atoms with E-state index in [1.807, 2.05) is 38.1 Å². The van der Waals surface area contributed by atoms with E-state index in [9.17, 15) is 27.2 Å². The summed E-state index contributed by atoms with van der Waals surface area (Å²) in [7, 11) is 0. The van der Waals surface area contributed by atoms with Gasteiger partial charge in [-0.15, -0.1) is 0 Å². The average molecular weight is 484 g/mol. The quantitative estimate of drug-likeness (QED) is 0.473. The van der Waals surface area contributed by atoms with Crippen molar-refractivity contribution in [3.05, 3.63) is 99.4 Å². The smallest absolute Gasteiger partial charge is 0.334 e. The molecule has 8 heteroatoms. The van der Waals surface area contributed by atoms with Crippen molar-refractivity contribution in [2.75, 3.05) is 11.9 Å². The summed E-state index contributed by atoms with van der Waals surface area (Å²) in [6, 6.07) is 13.7. The molecular formula is C27H24F4N2O2. The normalized spacial score (nSPS) is 13.4. The number of halogens is 4. The Labute approximate surface area is 200 Å². The van der Waals surface area contributed by atoms with E-state index >= 15 is 0 Å². The van der Waals surface area contributed by atoms with Crippen molar-refractivity contribution in [3.63, 3.8) is 0 Å². The van der Waals surface area contributed by atoms with E-state index in [0.29, 0.717) is 36.8 Å². The summed E-state index contributed by atoms with van der Waals surface area (Å²) in [4.78, 5) is 27.4. The van der Waals surface area contributed by atoms with Crippen molar-refractivity contribution in [2.24, 2.45) is 0 Å². The van der Waals surface area contributed by atoms with Gasteiger partial charge in [-0.3, -0.25) is 9.59 Å². The predicted molar refractivity (Wildman–Crippen MR) is 125 cm³/mol. The van der Waals surface area contributed by atoms with Gasteiger partial charge in [-0.1, -0.05) is 35.9 Å². The van der Waals surface area contributed by atoms with Crippen LogP contribution in [-0.2, 0) is 30.4 Å². The maximum absolute atomic E-state index is 13.9. The number of amides is 2. The van der Waals surface area contributed by atoms with Crippen molar-refractivity contribution in [1.29, 1.82) is 0 Å². The molecule has 4 nitrogen and oxygen atoms in total. The molecule has 0 bridgehead atoms. The van der Waals surface area contributed by atoms with E-state index in [-0.39, 0.29) is 17.9 Å². The largest absolute Gasteiger partial charge is 0.419 e. The second-order valence-electron chi connectivity index (χ2n) is 8.77. The molecule has 0 fully saturated rings. The number of benzene rings is 3. The third-order valence-electron chi connectivity index (χ3n) is 6.16. The fourth-order valence-electron chi connectivity index (χ4n) is 4.27. The standard InChI is InChI=1S/C27H24F4N2O2/c1-16-3-7-19(8-4-16)26(35)33-12-11-21-20(15-33)9-5-17(2)25(21)32-24(34)14-18-6-10-22(23(28)13-18)27(29,30)31/h3-10,13H,11-12,14-15H2,1-2H3,(H,32,34). The van der Waals surface area contributed by atoms with Crippen LogP contribution in [0.2, 0.25) is 0 Å². The van der Waals surface area contributed by atoms with Gasteiger partial charge in [0.05, 0.1) is 12.0 Å². The minimum Gasteiger partial charge on any atom is -0.334 e. The second-order valence-corrected chi connectivity index (χ2v) is 8.77. The molecule has 3 aromatic carbocycles. The fourth-order valence-corrected chi connectivity index (χ4v) is 4.27. The van der Waals surface area contributed by atoms with Gasteiger partial charge in [-0.2, -0.15) is 13.2 Å². The summed E-state index contributed by atoms with van der Waals surface area (Å²) in [5, 5.41) is 2.85. The van der Waals surface area contributed by atoms with Gasteiger partial charge >= 0.3 is 6.18 Å². The van der Waals surface area contributed by atoms with E-state index in [1.165, 1.54) is 0 Å². The first kappa shape index (κ1) is 24.4. The summed E-state index contributed by atoms with van der Waals surface area (Å²) < 4.78 is 52.2. The van der Waals surface area contributed by atoms with Gasteiger partial charge in [0.25, 0.3) is 5.91 Å². The summed E-state index contributed by atoms with van der Waals surface area (Å²) in [6.07, 6.45) is -4.52. The van der Waals surface area contributed by atoms with Gasteiger partial charge in [0, 0.05) is 24.3 Å². The Hall–Kier alpha value is -3.68. The van der Waals surface area contributed by atoms with Crippen LogP contribution in [0.5, 0.6) is 0 Å². The summed E-state index contributed by atoms with van der Waals surface area (Å²) in [6.45, 7) is 4.68. The summed E-state index contributed by atoms with van der Waals surface area (Å²) in [5.41, 5.74) is 3.76. The fraction of sp³-hybridized carbons (Fsp3) is 0.259. The lowest BCUT2D eigenvalue weighted by molar-refractivity contribution is -0.140. The van der Waals surface area contributed by atoms with Gasteiger partial charge in [-0.25, -0.2) is 4.39 Å².